The zero-order valence-electron chi connectivity index (χ0n) is 15.3. The van der Waals surface area contributed by atoms with Gasteiger partial charge in [-0.1, -0.05) is 17.3 Å². The monoisotopic (exact) mass is 366 g/mol. The molecule has 1 fully saturated rings. The van der Waals surface area contributed by atoms with Crippen molar-refractivity contribution in [2.24, 2.45) is 0 Å². The Morgan fingerprint density at radius 3 is 2.74 bits per heavy atom. The molecule has 0 radical (unpaired) electrons. The molecule has 1 aliphatic rings. The zero-order valence-corrected chi connectivity index (χ0v) is 15.3. The third kappa shape index (κ3) is 4.02. The molecule has 0 N–H and O–H groups in total. The predicted molar refractivity (Wildman–Crippen MR) is 100 cm³/mol. The van der Waals surface area contributed by atoms with Gasteiger partial charge in [-0.25, -0.2) is 0 Å². The molecule has 0 atom stereocenters. The molecule has 0 saturated carbocycles. The van der Waals surface area contributed by atoms with E-state index in [0.29, 0.717) is 30.3 Å². The molecule has 0 spiro atoms. The maximum absolute atomic E-state index is 12.5. The minimum absolute atomic E-state index is 0.122. The predicted octanol–water partition coefficient (Wildman–Crippen LogP) is 2.92. The summed E-state index contributed by atoms with van der Waals surface area (Å²) in [5, 5.41) is 3.89. The van der Waals surface area contributed by atoms with E-state index < -0.39 is 0 Å². The van der Waals surface area contributed by atoms with Crippen molar-refractivity contribution in [2.45, 2.75) is 19.8 Å². The highest BCUT2D eigenvalue weighted by molar-refractivity contribution is 5.76. The van der Waals surface area contributed by atoms with Crippen LogP contribution in [0.5, 0.6) is 0 Å². The average Bonchev–Trinajstić information content (AvgIpc) is 3.38. The molecular weight excluding hydrogens is 344 g/mol. The standard InChI is InChI=1S/C20H22N4O3/c1-15-4-2-5-16(14-15)23-9-11-24(12-10-23)19(25)8-7-18-21-20(22-27-18)17-6-3-13-26-17/h2-6,13-14H,7-12H2,1H3. The number of benzene rings is 1. The number of hydrogen-bond donors (Lipinski definition) is 0. The summed E-state index contributed by atoms with van der Waals surface area (Å²) < 4.78 is 10.5. The van der Waals surface area contributed by atoms with Gasteiger partial charge in [0.25, 0.3) is 0 Å². The van der Waals surface area contributed by atoms with E-state index in [1.54, 1.807) is 18.4 Å². The lowest BCUT2D eigenvalue weighted by Gasteiger charge is -2.36. The van der Waals surface area contributed by atoms with Gasteiger partial charge in [0.1, 0.15) is 0 Å². The number of aromatic nitrogens is 2. The molecule has 0 aliphatic carbocycles. The molecule has 0 bridgehead atoms. The Hall–Kier alpha value is -3.09. The van der Waals surface area contributed by atoms with Crippen LogP contribution in [0.4, 0.5) is 5.69 Å². The zero-order chi connectivity index (χ0) is 18.6. The minimum atomic E-state index is 0.122. The van der Waals surface area contributed by atoms with Gasteiger partial charge in [0.15, 0.2) is 5.76 Å². The molecule has 2 aromatic heterocycles. The number of rotatable bonds is 5. The molecule has 1 saturated heterocycles. The Morgan fingerprint density at radius 1 is 1.15 bits per heavy atom. The molecule has 1 amide bonds. The molecule has 7 nitrogen and oxygen atoms in total. The fraction of sp³-hybridized carbons (Fsp3) is 0.350. The van der Waals surface area contributed by atoms with Crippen LogP contribution in [0.1, 0.15) is 17.9 Å². The molecule has 7 heteroatoms. The fourth-order valence-corrected chi connectivity index (χ4v) is 3.27. The van der Waals surface area contributed by atoms with E-state index in [2.05, 4.69) is 46.2 Å². The van der Waals surface area contributed by atoms with Crippen LogP contribution in [0, 0.1) is 6.92 Å². The summed E-state index contributed by atoms with van der Waals surface area (Å²) in [6.45, 7) is 5.25. The first kappa shape index (κ1) is 17.3. The van der Waals surface area contributed by atoms with Gasteiger partial charge in [-0.15, -0.1) is 0 Å². The number of nitrogens with zero attached hydrogens (tertiary/aromatic N) is 4. The molecule has 0 unspecified atom stereocenters. The molecular formula is C20H22N4O3. The van der Waals surface area contributed by atoms with Gasteiger partial charge in [-0.2, -0.15) is 4.98 Å². The maximum Gasteiger partial charge on any atom is 0.238 e. The van der Waals surface area contributed by atoms with E-state index in [0.717, 1.165) is 26.2 Å². The highest BCUT2D eigenvalue weighted by atomic mass is 16.5. The molecule has 1 aromatic carbocycles. The van der Waals surface area contributed by atoms with E-state index in [1.165, 1.54) is 11.3 Å². The van der Waals surface area contributed by atoms with Crippen molar-refractivity contribution in [3.05, 3.63) is 54.1 Å². The van der Waals surface area contributed by atoms with Gasteiger partial charge >= 0.3 is 0 Å². The van der Waals surface area contributed by atoms with Gasteiger partial charge in [0, 0.05) is 44.7 Å². The first-order chi connectivity index (χ1) is 13.2. The summed E-state index contributed by atoms with van der Waals surface area (Å²) >= 11 is 0. The highest BCUT2D eigenvalue weighted by Gasteiger charge is 2.22. The number of amides is 1. The SMILES string of the molecule is Cc1cccc(N2CCN(C(=O)CCc3nc(-c4ccco4)no3)CC2)c1. The molecule has 140 valence electrons. The Balaban J connectivity index is 1.27. The van der Waals surface area contributed by atoms with Crippen LogP contribution in [0.15, 0.2) is 51.6 Å². The summed E-state index contributed by atoms with van der Waals surface area (Å²) in [5.74, 6) is 1.54. The lowest BCUT2D eigenvalue weighted by atomic mass is 10.2. The second-order valence-electron chi connectivity index (χ2n) is 6.70. The quantitative estimate of drug-likeness (QED) is 0.691. The van der Waals surface area contributed by atoms with Gasteiger partial charge in [-0.3, -0.25) is 4.79 Å². The lowest BCUT2D eigenvalue weighted by Crippen LogP contribution is -2.48. The highest BCUT2D eigenvalue weighted by Crippen LogP contribution is 2.19. The van der Waals surface area contributed by atoms with Crippen molar-refractivity contribution in [1.29, 1.82) is 0 Å². The molecule has 3 aromatic rings. The van der Waals surface area contributed by atoms with Crippen molar-refractivity contribution in [3.8, 4) is 11.6 Å². The summed E-state index contributed by atoms with van der Waals surface area (Å²) in [7, 11) is 0. The number of carbonyl (C=O) groups is 1. The molecule has 3 heterocycles. The van der Waals surface area contributed by atoms with Crippen LogP contribution in [0.25, 0.3) is 11.6 Å². The second kappa shape index (κ2) is 7.65. The van der Waals surface area contributed by atoms with Crippen molar-refractivity contribution >= 4 is 11.6 Å². The first-order valence-electron chi connectivity index (χ1n) is 9.15. The van der Waals surface area contributed by atoms with Crippen molar-refractivity contribution in [3.63, 3.8) is 0 Å². The van der Waals surface area contributed by atoms with E-state index in [1.807, 2.05) is 4.90 Å². The number of carbonyl (C=O) groups excluding carboxylic acids is 1. The van der Waals surface area contributed by atoms with E-state index in [-0.39, 0.29) is 5.91 Å². The molecule has 4 rings (SSSR count). The van der Waals surface area contributed by atoms with Crippen molar-refractivity contribution in [1.82, 2.24) is 15.0 Å². The molecule has 1 aliphatic heterocycles. The third-order valence-corrected chi connectivity index (χ3v) is 4.76. The van der Waals surface area contributed by atoms with Gasteiger partial charge in [-0.05, 0) is 36.8 Å². The van der Waals surface area contributed by atoms with Gasteiger partial charge in [0.05, 0.1) is 6.26 Å². The van der Waals surface area contributed by atoms with Crippen LogP contribution in [0.2, 0.25) is 0 Å². The van der Waals surface area contributed by atoms with Gasteiger partial charge in [0.2, 0.25) is 17.6 Å². The Kier molecular flexibility index (Phi) is 4.91. The Morgan fingerprint density at radius 2 is 2.00 bits per heavy atom. The van der Waals surface area contributed by atoms with Gasteiger partial charge < -0.3 is 18.7 Å². The first-order valence-corrected chi connectivity index (χ1v) is 9.15. The minimum Gasteiger partial charge on any atom is -0.461 e. The molecule has 27 heavy (non-hydrogen) atoms. The van der Waals surface area contributed by atoms with Crippen LogP contribution in [-0.4, -0.2) is 47.1 Å². The van der Waals surface area contributed by atoms with Crippen LogP contribution in [0.3, 0.4) is 0 Å². The smallest absolute Gasteiger partial charge is 0.238 e. The Labute approximate surface area is 157 Å². The summed E-state index contributed by atoms with van der Waals surface area (Å²) in [4.78, 5) is 21.0. The summed E-state index contributed by atoms with van der Waals surface area (Å²) in [5.41, 5.74) is 2.47. The third-order valence-electron chi connectivity index (χ3n) is 4.76. The van der Waals surface area contributed by atoms with Crippen molar-refractivity contribution < 1.29 is 13.7 Å². The second-order valence-corrected chi connectivity index (χ2v) is 6.70. The van der Waals surface area contributed by atoms with E-state index >= 15 is 0 Å². The number of furan rings is 1. The fourth-order valence-electron chi connectivity index (χ4n) is 3.27. The Bertz CT molecular complexity index is 896. The normalized spacial score (nSPS) is 14.6. The largest absolute Gasteiger partial charge is 0.461 e. The lowest BCUT2D eigenvalue weighted by molar-refractivity contribution is -0.131. The van der Waals surface area contributed by atoms with Crippen LogP contribution >= 0.6 is 0 Å². The van der Waals surface area contributed by atoms with E-state index in [9.17, 15) is 4.79 Å². The topological polar surface area (TPSA) is 75.6 Å². The number of piperazine rings is 1. The summed E-state index contributed by atoms with van der Waals surface area (Å²) in [6.07, 6.45) is 2.36. The average molecular weight is 366 g/mol. The van der Waals surface area contributed by atoms with Crippen LogP contribution in [-0.2, 0) is 11.2 Å². The van der Waals surface area contributed by atoms with Crippen molar-refractivity contribution in [2.75, 3.05) is 31.1 Å². The van der Waals surface area contributed by atoms with E-state index in [4.69, 9.17) is 8.94 Å². The number of hydrogen-bond acceptors (Lipinski definition) is 6. The number of anilines is 1. The summed E-state index contributed by atoms with van der Waals surface area (Å²) in [6, 6.07) is 12.0. The number of aryl methyl sites for hydroxylation is 2. The van der Waals surface area contributed by atoms with Crippen LogP contribution < -0.4 is 4.90 Å². The maximum atomic E-state index is 12.5.